The number of ether oxygens (including phenoxy) is 2. The summed E-state index contributed by atoms with van der Waals surface area (Å²) in [7, 11) is 1.39. The highest BCUT2D eigenvalue weighted by molar-refractivity contribution is 9.10. The predicted molar refractivity (Wildman–Crippen MR) is 77.6 cm³/mol. The Morgan fingerprint density at radius 2 is 2.37 bits per heavy atom. The number of methoxy groups -OCH3 is 1. The van der Waals surface area contributed by atoms with E-state index < -0.39 is 5.54 Å². The van der Waals surface area contributed by atoms with Gasteiger partial charge in [-0.05, 0) is 47.0 Å². The average Bonchev–Trinajstić information content (AvgIpc) is 2.43. The maximum absolute atomic E-state index is 12.0. The predicted octanol–water partition coefficient (Wildman–Crippen LogP) is 3.24. The Balaban J connectivity index is 2.24. The monoisotopic (exact) mass is 347 g/mol. The molecule has 1 aromatic carbocycles. The first-order chi connectivity index (χ1) is 9.07. The van der Waals surface area contributed by atoms with Crippen LogP contribution in [-0.2, 0) is 14.3 Å². The molecule has 0 spiro atoms. The van der Waals surface area contributed by atoms with Crippen molar-refractivity contribution in [3.63, 3.8) is 0 Å². The molecule has 0 aliphatic carbocycles. The quantitative estimate of drug-likeness (QED) is 0.852. The van der Waals surface area contributed by atoms with Crippen LogP contribution in [-0.4, -0.2) is 31.8 Å². The van der Waals surface area contributed by atoms with Gasteiger partial charge in [-0.15, -0.1) is 0 Å². The van der Waals surface area contributed by atoms with Crippen LogP contribution in [0, 0.1) is 0 Å². The van der Waals surface area contributed by atoms with E-state index >= 15 is 0 Å². The second kappa shape index (κ2) is 6.11. The van der Waals surface area contributed by atoms with Crippen LogP contribution in [0.2, 0.25) is 5.02 Å². The van der Waals surface area contributed by atoms with Gasteiger partial charge in [-0.2, -0.15) is 0 Å². The largest absolute Gasteiger partial charge is 0.467 e. The molecule has 0 bridgehead atoms. The Morgan fingerprint density at radius 1 is 1.58 bits per heavy atom. The molecule has 19 heavy (non-hydrogen) atoms. The van der Waals surface area contributed by atoms with E-state index in [4.69, 9.17) is 21.1 Å². The number of hydrogen-bond donors (Lipinski definition) is 1. The number of esters is 1. The Labute approximate surface area is 125 Å². The van der Waals surface area contributed by atoms with E-state index in [-0.39, 0.29) is 5.97 Å². The molecule has 1 unspecified atom stereocenters. The van der Waals surface area contributed by atoms with E-state index in [1.165, 1.54) is 7.11 Å². The molecule has 1 N–H and O–H groups in total. The van der Waals surface area contributed by atoms with Gasteiger partial charge < -0.3 is 14.8 Å². The van der Waals surface area contributed by atoms with Gasteiger partial charge in [0.25, 0.3) is 0 Å². The number of anilines is 1. The molecule has 0 saturated carbocycles. The number of benzene rings is 1. The first-order valence-electron chi connectivity index (χ1n) is 5.97. The van der Waals surface area contributed by atoms with E-state index in [1.54, 1.807) is 6.07 Å². The highest BCUT2D eigenvalue weighted by Gasteiger charge is 2.41. The topological polar surface area (TPSA) is 47.6 Å². The SMILES string of the molecule is COC(=O)C1(Nc2ccc(Cl)c(Br)c2)CCCOC1. The summed E-state index contributed by atoms with van der Waals surface area (Å²) in [4.78, 5) is 12.0. The highest BCUT2D eigenvalue weighted by Crippen LogP contribution is 2.30. The van der Waals surface area contributed by atoms with Gasteiger partial charge in [-0.1, -0.05) is 11.6 Å². The third kappa shape index (κ3) is 3.22. The molecule has 104 valence electrons. The molecule has 1 heterocycles. The van der Waals surface area contributed by atoms with Crippen LogP contribution in [0.5, 0.6) is 0 Å². The van der Waals surface area contributed by atoms with Crippen molar-refractivity contribution in [2.75, 3.05) is 25.6 Å². The third-order valence-electron chi connectivity index (χ3n) is 3.12. The Kier molecular flexibility index (Phi) is 4.71. The summed E-state index contributed by atoms with van der Waals surface area (Å²) in [5.74, 6) is -0.307. The van der Waals surface area contributed by atoms with Crippen molar-refractivity contribution in [2.24, 2.45) is 0 Å². The van der Waals surface area contributed by atoms with E-state index in [2.05, 4.69) is 21.2 Å². The highest BCUT2D eigenvalue weighted by atomic mass is 79.9. The fourth-order valence-corrected chi connectivity index (χ4v) is 2.65. The maximum atomic E-state index is 12.0. The molecule has 1 fully saturated rings. The van der Waals surface area contributed by atoms with Gasteiger partial charge in [-0.25, -0.2) is 4.79 Å². The van der Waals surface area contributed by atoms with E-state index in [1.807, 2.05) is 12.1 Å². The zero-order chi connectivity index (χ0) is 13.9. The summed E-state index contributed by atoms with van der Waals surface area (Å²) in [5.41, 5.74) is -0.0209. The van der Waals surface area contributed by atoms with Crippen molar-refractivity contribution in [3.8, 4) is 0 Å². The number of nitrogens with one attached hydrogen (secondary N) is 1. The van der Waals surface area contributed by atoms with Crippen LogP contribution in [0.25, 0.3) is 0 Å². The minimum atomic E-state index is -0.819. The fourth-order valence-electron chi connectivity index (χ4n) is 2.15. The van der Waals surface area contributed by atoms with Gasteiger partial charge in [0.05, 0.1) is 18.7 Å². The van der Waals surface area contributed by atoms with Crippen molar-refractivity contribution < 1.29 is 14.3 Å². The summed E-state index contributed by atoms with van der Waals surface area (Å²) < 4.78 is 11.1. The lowest BCUT2D eigenvalue weighted by Gasteiger charge is -2.35. The summed E-state index contributed by atoms with van der Waals surface area (Å²) in [5, 5.41) is 3.85. The van der Waals surface area contributed by atoms with Crippen molar-refractivity contribution in [1.29, 1.82) is 0 Å². The minimum Gasteiger partial charge on any atom is -0.467 e. The Hall–Kier alpha value is -0.780. The summed E-state index contributed by atoms with van der Waals surface area (Å²) >= 11 is 9.32. The number of carbonyl (C=O) groups excluding carboxylic acids is 1. The summed E-state index contributed by atoms with van der Waals surface area (Å²) in [6, 6.07) is 5.43. The van der Waals surface area contributed by atoms with Gasteiger partial charge in [0.2, 0.25) is 0 Å². The van der Waals surface area contributed by atoms with Crippen LogP contribution < -0.4 is 5.32 Å². The molecule has 1 aliphatic rings. The summed E-state index contributed by atoms with van der Waals surface area (Å²) in [6.45, 7) is 0.977. The van der Waals surface area contributed by atoms with Crippen LogP contribution in [0.4, 0.5) is 5.69 Å². The van der Waals surface area contributed by atoms with Crippen molar-refractivity contribution in [1.82, 2.24) is 0 Å². The molecular formula is C13H15BrClNO3. The molecule has 0 aromatic heterocycles. The average molecular weight is 349 g/mol. The smallest absolute Gasteiger partial charge is 0.333 e. The van der Waals surface area contributed by atoms with Crippen molar-refractivity contribution in [2.45, 2.75) is 18.4 Å². The molecule has 4 nitrogen and oxygen atoms in total. The molecule has 1 aliphatic heterocycles. The van der Waals surface area contributed by atoms with Crippen LogP contribution in [0.15, 0.2) is 22.7 Å². The Bertz CT molecular complexity index is 475. The van der Waals surface area contributed by atoms with Gasteiger partial charge >= 0.3 is 5.97 Å². The zero-order valence-electron chi connectivity index (χ0n) is 10.5. The maximum Gasteiger partial charge on any atom is 0.333 e. The first kappa shape index (κ1) is 14.6. The second-order valence-electron chi connectivity index (χ2n) is 4.48. The minimum absolute atomic E-state index is 0.305. The van der Waals surface area contributed by atoms with E-state index in [0.717, 1.165) is 16.6 Å². The number of hydrogen-bond acceptors (Lipinski definition) is 4. The van der Waals surface area contributed by atoms with Gasteiger partial charge in [0.1, 0.15) is 0 Å². The van der Waals surface area contributed by atoms with Gasteiger partial charge in [-0.3, -0.25) is 0 Å². The lowest BCUT2D eigenvalue weighted by Crippen LogP contribution is -2.53. The van der Waals surface area contributed by atoms with Gasteiger partial charge in [0, 0.05) is 16.8 Å². The molecular weight excluding hydrogens is 334 g/mol. The zero-order valence-corrected chi connectivity index (χ0v) is 12.9. The number of carbonyl (C=O) groups is 1. The third-order valence-corrected chi connectivity index (χ3v) is 4.33. The number of halogens is 2. The molecule has 1 aromatic rings. The lowest BCUT2D eigenvalue weighted by atomic mass is 9.92. The second-order valence-corrected chi connectivity index (χ2v) is 5.75. The summed E-state index contributed by atoms with van der Waals surface area (Å²) in [6.07, 6.45) is 1.50. The lowest BCUT2D eigenvalue weighted by molar-refractivity contribution is -0.150. The van der Waals surface area contributed by atoms with Crippen LogP contribution >= 0.6 is 27.5 Å². The molecule has 0 amide bonds. The molecule has 0 radical (unpaired) electrons. The van der Waals surface area contributed by atoms with Crippen LogP contribution in [0.1, 0.15) is 12.8 Å². The molecule has 6 heteroatoms. The van der Waals surface area contributed by atoms with Crippen molar-refractivity contribution in [3.05, 3.63) is 27.7 Å². The van der Waals surface area contributed by atoms with Crippen LogP contribution in [0.3, 0.4) is 0 Å². The van der Waals surface area contributed by atoms with Gasteiger partial charge in [0.15, 0.2) is 5.54 Å². The van der Waals surface area contributed by atoms with Crippen molar-refractivity contribution >= 4 is 39.2 Å². The van der Waals surface area contributed by atoms with E-state index in [0.29, 0.717) is 24.7 Å². The number of rotatable bonds is 3. The normalized spacial score (nSPS) is 22.9. The fraction of sp³-hybridized carbons (Fsp3) is 0.462. The van der Waals surface area contributed by atoms with E-state index in [9.17, 15) is 4.79 Å². The molecule has 1 atom stereocenters. The molecule has 2 rings (SSSR count). The first-order valence-corrected chi connectivity index (χ1v) is 7.14. The Morgan fingerprint density at radius 3 is 2.95 bits per heavy atom. The molecule has 1 saturated heterocycles. The standard InChI is InChI=1S/C13H15BrClNO3/c1-18-12(17)13(5-2-6-19-8-13)16-9-3-4-11(15)10(14)7-9/h3-4,7,16H,2,5-6,8H2,1H3.